The molecule has 3 fully saturated rings. The SMILES string of the molecule is COc1ccccc1C1=CC(NC2C3CCC(CC3)C2C(=O)O)N=C(c2c[nH]c3c(F)cc(F)cc23)N1. The van der Waals surface area contributed by atoms with Gasteiger partial charge in [0.1, 0.15) is 29.4 Å². The Bertz CT molecular complexity index is 1420. The smallest absolute Gasteiger partial charge is 0.308 e. The largest absolute Gasteiger partial charge is 0.496 e. The Kier molecular flexibility index (Phi) is 5.95. The molecule has 37 heavy (non-hydrogen) atoms. The van der Waals surface area contributed by atoms with E-state index in [1.165, 1.54) is 6.07 Å². The van der Waals surface area contributed by atoms with Crippen LogP contribution >= 0.6 is 0 Å². The van der Waals surface area contributed by atoms with Crippen LogP contribution in [0.15, 0.2) is 53.7 Å². The van der Waals surface area contributed by atoms with Crippen LogP contribution in [0.3, 0.4) is 0 Å². The number of rotatable bonds is 6. The molecule has 192 valence electrons. The summed E-state index contributed by atoms with van der Waals surface area (Å²) in [4.78, 5) is 20.0. The Morgan fingerprint density at radius 2 is 1.86 bits per heavy atom. The highest BCUT2D eigenvalue weighted by Gasteiger charge is 2.47. The first-order valence-electron chi connectivity index (χ1n) is 12.6. The molecule has 0 radical (unpaired) electrons. The lowest BCUT2D eigenvalue weighted by Crippen LogP contribution is -2.57. The first-order chi connectivity index (χ1) is 17.9. The Balaban J connectivity index is 1.43. The molecule has 2 bridgehead atoms. The summed E-state index contributed by atoms with van der Waals surface area (Å²) in [5.74, 6) is -1.12. The normalized spacial score (nSPS) is 26.9. The molecule has 0 amide bonds. The lowest BCUT2D eigenvalue weighted by molar-refractivity contribution is -0.149. The number of amidine groups is 1. The summed E-state index contributed by atoms with van der Waals surface area (Å²) in [5, 5.41) is 17.3. The van der Waals surface area contributed by atoms with Crippen LogP contribution in [0, 0.1) is 29.4 Å². The van der Waals surface area contributed by atoms with Gasteiger partial charge >= 0.3 is 5.97 Å². The van der Waals surface area contributed by atoms with E-state index < -0.39 is 29.7 Å². The number of ether oxygens (including phenoxy) is 1. The monoisotopic (exact) mass is 506 g/mol. The number of nitrogens with zero attached hydrogens (tertiary/aromatic N) is 1. The third-order valence-corrected chi connectivity index (χ3v) is 8.07. The molecule has 7 rings (SSSR count). The van der Waals surface area contributed by atoms with Gasteiger partial charge in [0, 0.05) is 34.8 Å². The molecule has 1 aliphatic heterocycles. The lowest BCUT2D eigenvalue weighted by Gasteiger charge is -2.47. The van der Waals surface area contributed by atoms with E-state index in [9.17, 15) is 18.7 Å². The van der Waals surface area contributed by atoms with Crippen molar-refractivity contribution in [3.8, 4) is 5.75 Å². The summed E-state index contributed by atoms with van der Waals surface area (Å²) in [5.41, 5.74) is 2.20. The number of nitrogens with one attached hydrogen (secondary N) is 3. The van der Waals surface area contributed by atoms with E-state index in [1.807, 2.05) is 30.3 Å². The van der Waals surface area contributed by atoms with E-state index >= 15 is 0 Å². The number of methoxy groups -OCH3 is 1. The number of hydrogen-bond donors (Lipinski definition) is 4. The van der Waals surface area contributed by atoms with Crippen molar-refractivity contribution >= 4 is 28.4 Å². The van der Waals surface area contributed by atoms with Crippen LogP contribution in [0.1, 0.15) is 36.8 Å². The molecule has 4 N–H and O–H groups in total. The van der Waals surface area contributed by atoms with Crippen LogP contribution in [0.4, 0.5) is 8.78 Å². The van der Waals surface area contributed by atoms with E-state index in [-0.39, 0.29) is 23.4 Å². The van der Waals surface area contributed by atoms with E-state index in [2.05, 4.69) is 15.6 Å². The average Bonchev–Trinajstić information content (AvgIpc) is 3.33. The number of carboxylic acids is 1. The highest BCUT2D eigenvalue weighted by atomic mass is 19.1. The fraction of sp³-hybridized carbons (Fsp3) is 0.357. The van der Waals surface area contributed by atoms with Crippen LogP contribution in [-0.4, -0.2) is 41.2 Å². The van der Waals surface area contributed by atoms with Crippen molar-refractivity contribution in [2.24, 2.45) is 22.7 Å². The lowest BCUT2D eigenvalue weighted by atomic mass is 9.61. The minimum atomic E-state index is -0.776. The predicted molar refractivity (Wildman–Crippen MR) is 136 cm³/mol. The zero-order chi connectivity index (χ0) is 25.7. The molecule has 3 aliphatic carbocycles. The number of aromatic amines is 1. The van der Waals surface area contributed by atoms with Gasteiger partial charge in [-0.15, -0.1) is 0 Å². The second-order valence-electron chi connectivity index (χ2n) is 10.1. The van der Waals surface area contributed by atoms with Gasteiger partial charge in [0.15, 0.2) is 0 Å². The van der Waals surface area contributed by atoms with Gasteiger partial charge in [-0.25, -0.2) is 13.8 Å². The van der Waals surface area contributed by atoms with Gasteiger partial charge in [-0.2, -0.15) is 0 Å². The molecule has 3 unspecified atom stereocenters. The highest BCUT2D eigenvalue weighted by molar-refractivity contribution is 6.13. The average molecular weight is 507 g/mol. The van der Waals surface area contributed by atoms with Gasteiger partial charge in [-0.05, 0) is 61.8 Å². The molecule has 7 nitrogen and oxygen atoms in total. The topological polar surface area (TPSA) is 98.7 Å². The Hall–Kier alpha value is -3.72. The maximum atomic E-state index is 14.4. The summed E-state index contributed by atoms with van der Waals surface area (Å²) in [7, 11) is 1.59. The van der Waals surface area contributed by atoms with E-state index in [0.717, 1.165) is 37.3 Å². The molecule has 3 aromatic rings. The third-order valence-electron chi connectivity index (χ3n) is 8.07. The number of hydrogen-bond acceptors (Lipinski definition) is 5. The van der Waals surface area contributed by atoms with E-state index in [0.29, 0.717) is 28.2 Å². The molecule has 2 aromatic carbocycles. The molecule has 9 heteroatoms. The molecule has 3 saturated carbocycles. The number of benzene rings is 2. The van der Waals surface area contributed by atoms with Crippen LogP contribution < -0.4 is 15.4 Å². The summed E-state index contributed by atoms with van der Waals surface area (Å²) in [6, 6.07) is 9.43. The standard InChI is InChI=1S/C28H28F2N4O3/c1-37-22-5-3-2-4-17(22)21-12-23(33-25-15-8-6-14(7-9-15)24(25)28(35)36)34-27(32-21)19-13-31-26-18(19)10-16(29)11-20(26)30/h2-5,10-15,23-25,31,33H,6-9H2,1H3,(H,32,34)(H,35,36). The molecule has 1 aromatic heterocycles. The van der Waals surface area contributed by atoms with Gasteiger partial charge in [-0.3, -0.25) is 10.1 Å². The first kappa shape index (κ1) is 23.7. The number of halogens is 2. The maximum absolute atomic E-state index is 14.4. The van der Waals surface area contributed by atoms with Crippen molar-refractivity contribution in [2.45, 2.75) is 37.9 Å². The van der Waals surface area contributed by atoms with Crippen LogP contribution in [-0.2, 0) is 4.79 Å². The summed E-state index contributed by atoms with van der Waals surface area (Å²) < 4.78 is 34.2. The van der Waals surface area contributed by atoms with Crippen molar-refractivity contribution in [3.63, 3.8) is 0 Å². The zero-order valence-corrected chi connectivity index (χ0v) is 20.3. The molecular formula is C28H28F2N4O3. The maximum Gasteiger partial charge on any atom is 0.308 e. The minimum Gasteiger partial charge on any atom is -0.496 e. The molecule has 4 aliphatic rings. The number of aliphatic imine (C=N–C) groups is 1. The second-order valence-corrected chi connectivity index (χ2v) is 10.1. The quantitative estimate of drug-likeness (QED) is 0.390. The zero-order valence-electron chi connectivity index (χ0n) is 20.3. The van der Waals surface area contributed by atoms with E-state index in [1.54, 1.807) is 13.3 Å². The van der Waals surface area contributed by atoms with Crippen molar-refractivity contribution in [3.05, 3.63) is 71.4 Å². The molecular weight excluding hydrogens is 478 g/mol. The van der Waals surface area contributed by atoms with Crippen molar-refractivity contribution in [1.29, 1.82) is 0 Å². The van der Waals surface area contributed by atoms with Gasteiger partial charge in [0.25, 0.3) is 0 Å². The number of aromatic nitrogens is 1. The van der Waals surface area contributed by atoms with Crippen molar-refractivity contribution in [1.82, 2.24) is 15.6 Å². The van der Waals surface area contributed by atoms with Crippen LogP contribution in [0.2, 0.25) is 0 Å². The number of carboxylic acid groups (broad SMARTS) is 1. The summed E-state index contributed by atoms with van der Waals surface area (Å²) >= 11 is 0. The van der Waals surface area contributed by atoms with E-state index in [4.69, 9.17) is 9.73 Å². The minimum absolute atomic E-state index is 0.155. The van der Waals surface area contributed by atoms with Gasteiger partial charge in [0.05, 0.1) is 24.2 Å². The Labute approximate surface area is 212 Å². The van der Waals surface area contributed by atoms with Gasteiger partial charge in [-0.1, -0.05) is 12.1 Å². The first-order valence-corrected chi connectivity index (χ1v) is 12.6. The predicted octanol–water partition coefficient (Wildman–Crippen LogP) is 4.65. The molecule has 0 saturated heterocycles. The summed E-state index contributed by atoms with van der Waals surface area (Å²) in [6.45, 7) is 0. The number of aliphatic carboxylic acids is 1. The second kappa shape index (κ2) is 9.30. The number of fused-ring (bicyclic) bond motifs is 4. The van der Waals surface area contributed by atoms with Crippen LogP contribution in [0.25, 0.3) is 16.6 Å². The number of carbonyl (C=O) groups is 1. The fourth-order valence-corrected chi connectivity index (χ4v) is 6.37. The Morgan fingerprint density at radius 3 is 2.62 bits per heavy atom. The fourth-order valence-electron chi connectivity index (χ4n) is 6.37. The molecule has 3 atom stereocenters. The van der Waals surface area contributed by atoms with Gasteiger partial charge < -0.3 is 20.1 Å². The number of H-pyrrole nitrogens is 1. The molecule has 2 heterocycles. The highest BCUT2D eigenvalue weighted by Crippen LogP contribution is 2.45. The van der Waals surface area contributed by atoms with Crippen LogP contribution in [0.5, 0.6) is 5.75 Å². The summed E-state index contributed by atoms with van der Waals surface area (Å²) in [6.07, 6.45) is 6.84. The van der Waals surface area contributed by atoms with Gasteiger partial charge in [0.2, 0.25) is 0 Å². The third kappa shape index (κ3) is 4.17. The van der Waals surface area contributed by atoms with Crippen molar-refractivity contribution in [2.75, 3.05) is 7.11 Å². The van der Waals surface area contributed by atoms with Crippen molar-refractivity contribution < 1.29 is 23.4 Å². The Morgan fingerprint density at radius 1 is 1.11 bits per heavy atom. The molecule has 0 spiro atoms. The number of para-hydroxylation sites is 1.